The molecule has 0 saturated carbocycles. The SMILES string of the molecule is COc1cc(Cl)c(Cl)cc1C(=O)N1CCC(C(=O)O)(C(F)(F)F)C1. The van der Waals surface area contributed by atoms with E-state index in [0.29, 0.717) is 0 Å². The van der Waals surface area contributed by atoms with Gasteiger partial charge in [0.1, 0.15) is 5.75 Å². The number of carboxylic acids is 1. The Balaban J connectivity index is 2.37. The molecule has 2 rings (SSSR count). The molecule has 0 bridgehead atoms. The van der Waals surface area contributed by atoms with Crippen LogP contribution in [0, 0.1) is 5.41 Å². The summed E-state index contributed by atoms with van der Waals surface area (Å²) in [7, 11) is 1.26. The lowest BCUT2D eigenvalue weighted by atomic mass is 9.86. The molecule has 1 unspecified atom stereocenters. The fourth-order valence-electron chi connectivity index (χ4n) is 2.55. The molecule has 0 aliphatic carbocycles. The molecule has 1 N–H and O–H groups in total. The zero-order valence-electron chi connectivity index (χ0n) is 12.3. The van der Waals surface area contributed by atoms with Crippen molar-refractivity contribution in [2.24, 2.45) is 5.41 Å². The van der Waals surface area contributed by atoms with E-state index in [4.69, 9.17) is 33.0 Å². The number of halogens is 5. The van der Waals surface area contributed by atoms with Gasteiger partial charge in [0.05, 0.1) is 22.7 Å². The molecule has 1 amide bonds. The lowest BCUT2D eigenvalue weighted by Gasteiger charge is -2.27. The van der Waals surface area contributed by atoms with E-state index in [1.165, 1.54) is 19.2 Å². The van der Waals surface area contributed by atoms with Crippen molar-refractivity contribution in [1.82, 2.24) is 4.90 Å². The fraction of sp³-hybridized carbons (Fsp3) is 0.429. The number of ether oxygens (including phenoxy) is 1. The van der Waals surface area contributed by atoms with Crippen LogP contribution in [0.3, 0.4) is 0 Å². The molecule has 1 aliphatic rings. The van der Waals surface area contributed by atoms with Gasteiger partial charge in [-0.25, -0.2) is 0 Å². The number of benzene rings is 1. The Morgan fingerprint density at radius 3 is 2.33 bits per heavy atom. The van der Waals surface area contributed by atoms with Crippen LogP contribution in [0.4, 0.5) is 13.2 Å². The van der Waals surface area contributed by atoms with E-state index >= 15 is 0 Å². The van der Waals surface area contributed by atoms with E-state index in [1.807, 2.05) is 0 Å². The van der Waals surface area contributed by atoms with Crippen molar-refractivity contribution in [3.63, 3.8) is 0 Å². The van der Waals surface area contributed by atoms with E-state index in [1.54, 1.807) is 0 Å². The predicted octanol–water partition coefficient (Wildman–Crippen LogP) is 3.48. The lowest BCUT2D eigenvalue weighted by molar-refractivity contribution is -0.227. The zero-order valence-corrected chi connectivity index (χ0v) is 13.8. The Morgan fingerprint density at radius 1 is 1.29 bits per heavy atom. The smallest absolute Gasteiger partial charge is 0.406 e. The van der Waals surface area contributed by atoms with Crippen molar-refractivity contribution in [3.8, 4) is 5.75 Å². The van der Waals surface area contributed by atoms with Gasteiger partial charge in [-0.3, -0.25) is 9.59 Å². The Kier molecular flexibility index (Phi) is 4.92. The number of alkyl halides is 3. The van der Waals surface area contributed by atoms with Crippen molar-refractivity contribution in [1.29, 1.82) is 0 Å². The summed E-state index contributed by atoms with van der Waals surface area (Å²) < 4.78 is 44.6. The van der Waals surface area contributed by atoms with Crippen molar-refractivity contribution >= 4 is 35.1 Å². The number of nitrogens with zero attached hydrogens (tertiary/aromatic N) is 1. The third kappa shape index (κ3) is 3.00. The fourth-order valence-corrected chi connectivity index (χ4v) is 2.86. The van der Waals surface area contributed by atoms with Crippen molar-refractivity contribution in [2.75, 3.05) is 20.2 Å². The van der Waals surface area contributed by atoms with Gasteiger partial charge in [-0.05, 0) is 12.5 Å². The standard InChI is InChI=1S/C14H12Cl2F3NO4/c1-24-10-5-9(16)8(15)4-7(10)11(21)20-3-2-13(6-20,12(22)23)14(17,18)19/h4-5H,2-3,6H2,1H3,(H,22,23). The number of carbonyl (C=O) groups is 2. The number of methoxy groups -OCH3 is 1. The highest BCUT2D eigenvalue weighted by atomic mass is 35.5. The number of carboxylic acid groups (broad SMARTS) is 1. The number of rotatable bonds is 3. The van der Waals surface area contributed by atoms with Crippen LogP contribution < -0.4 is 4.74 Å². The highest BCUT2D eigenvalue weighted by Gasteiger charge is 2.64. The first-order chi connectivity index (χ1) is 11.0. The van der Waals surface area contributed by atoms with Crippen molar-refractivity contribution in [3.05, 3.63) is 27.7 Å². The van der Waals surface area contributed by atoms with E-state index in [-0.39, 0.29) is 27.9 Å². The van der Waals surface area contributed by atoms with Gasteiger partial charge in [0, 0.05) is 19.2 Å². The third-order valence-electron chi connectivity index (χ3n) is 3.98. The van der Waals surface area contributed by atoms with E-state index in [9.17, 15) is 22.8 Å². The van der Waals surface area contributed by atoms with Gasteiger partial charge in [0.15, 0.2) is 5.41 Å². The van der Waals surface area contributed by atoms with Crippen LogP contribution in [0.1, 0.15) is 16.8 Å². The van der Waals surface area contributed by atoms with Crippen LogP contribution in [-0.2, 0) is 4.79 Å². The first kappa shape index (κ1) is 18.7. The number of amides is 1. The number of carbonyl (C=O) groups excluding carboxylic acids is 1. The van der Waals surface area contributed by atoms with Crippen LogP contribution in [-0.4, -0.2) is 48.3 Å². The van der Waals surface area contributed by atoms with E-state index in [2.05, 4.69) is 0 Å². The Labute approximate surface area is 144 Å². The van der Waals surface area contributed by atoms with E-state index < -0.39 is 36.4 Å². The molecular formula is C14H12Cl2F3NO4. The van der Waals surface area contributed by atoms with Crippen LogP contribution in [0.2, 0.25) is 10.0 Å². The Morgan fingerprint density at radius 2 is 1.88 bits per heavy atom. The maximum absolute atomic E-state index is 13.2. The van der Waals surface area contributed by atoms with Crippen molar-refractivity contribution in [2.45, 2.75) is 12.6 Å². The summed E-state index contributed by atoms with van der Waals surface area (Å²) in [6.07, 6.45) is -5.70. The third-order valence-corrected chi connectivity index (χ3v) is 4.70. The summed E-state index contributed by atoms with van der Waals surface area (Å²) in [5.41, 5.74) is -3.07. The van der Waals surface area contributed by atoms with Crippen molar-refractivity contribution < 1.29 is 32.6 Å². The quantitative estimate of drug-likeness (QED) is 0.864. The second-order valence-electron chi connectivity index (χ2n) is 5.33. The Hall–Kier alpha value is -1.67. The summed E-state index contributed by atoms with van der Waals surface area (Å²) in [5, 5.41) is 9.17. The van der Waals surface area contributed by atoms with Gasteiger partial charge in [0.25, 0.3) is 5.91 Å². The molecule has 1 heterocycles. The van der Waals surface area contributed by atoms with Gasteiger partial charge < -0.3 is 14.7 Å². The molecule has 0 aromatic heterocycles. The molecule has 1 saturated heterocycles. The van der Waals surface area contributed by atoms with Crippen LogP contribution in [0.5, 0.6) is 5.75 Å². The van der Waals surface area contributed by atoms with Crippen LogP contribution >= 0.6 is 23.2 Å². The monoisotopic (exact) mass is 385 g/mol. The van der Waals surface area contributed by atoms with Gasteiger partial charge in [-0.2, -0.15) is 13.2 Å². The Bertz CT molecular complexity index is 695. The molecule has 1 atom stereocenters. The first-order valence-corrected chi connectivity index (χ1v) is 7.41. The number of hydrogen-bond donors (Lipinski definition) is 1. The molecule has 0 spiro atoms. The normalized spacial score (nSPS) is 21.0. The molecular weight excluding hydrogens is 374 g/mol. The molecule has 1 aromatic carbocycles. The number of aliphatic carboxylic acids is 1. The molecule has 0 radical (unpaired) electrons. The lowest BCUT2D eigenvalue weighted by Crippen LogP contribution is -2.47. The highest BCUT2D eigenvalue weighted by Crippen LogP contribution is 2.46. The summed E-state index contributed by atoms with van der Waals surface area (Å²) in [6.45, 7) is -1.33. The minimum Gasteiger partial charge on any atom is -0.496 e. The molecule has 24 heavy (non-hydrogen) atoms. The summed E-state index contributed by atoms with van der Waals surface area (Å²) in [4.78, 5) is 24.5. The van der Waals surface area contributed by atoms with E-state index in [0.717, 1.165) is 4.90 Å². The summed E-state index contributed by atoms with van der Waals surface area (Å²) in [5.74, 6) is -2.78. The molecule has 10 heteroatoms. The van der Waals surface area contributed by atoms with Crippen LogP contribution in [0.15, 0.2) is 12.1 Å². The second-order valence-corrected chi connectivity index (χ2v) is 6.14. The highest BCUT2D eigenvalue weighted by molar-refractivity contribution is 6.42. The molecule has 1 fully saturated rings. The average molecular weight is 386 g/mol. The van der Waals surface area contributed by atoms with Crippen LogP contribution in [0.25, 0.3) is 0 Å². The maximum atomic E-state index is 13.2. The second kappa shape index (κ2) is 6.33. The minimum atomic E-state index is -4.98. The first-order valence-electron chi connectivity index (χ1n) is 6.66. The number of hydrogen-bond acceptors (Lipinski definition) is 3. The van der Waals surface area contributed by atoms with Gasteiger partial charge >= 0.3 is 12.1 Å². The zero-order chi connectivity index (χ0) is 18.3. The minimum absolute atomic E-state index is 0.0281. The van der Waals surface area contributed by atoms with Gasteiger partial charge in [-0.1, -0.05) is 23.2 Å². The maximum Gasteiger partial charge on any atom is 0.406 e. The largest absolute Gasteiger partial charge is 0.496 e. The molecule has 5 nitrogen and oxygen atoms in total. The summed E-state index contributed by atoms with van der Waals surface area (Å²) >= 11 is 11.7. The number of likely N-dealkylation sites (tertiary alicyclic amines) is 1. The molecule has 1 aromatic rings. The molecule has 132 valence electrons. The van der Waals surface area contributed by atoms with Gasteiger partial charge in [-0.15, -0.1) is 0 Å². The van der Waals surface area contributed by atoms with Gasteiger partial charge in [0.2, 0.25) is 0 Å². The summed E-state index contributed by atoms with van der Waals surface area (Å²) in [6, 6.07) is 2.45. The predicted molar refractivity (Wildman–Crippen MR) is 79.7 cm³/mol. The molecule has 1 aliphatic heterocycles. The average Bonchev–Trinajstić information content (AvgIpc) is 2.95. The topological polar surface area (TPSA) is 66.8 Å².